The monoisotopic (exact) mass is 323 g/mol. The molecule has 0 spiro atoms. The van der Waals surface area contributed by atoms with Crippen molar-refractivity contribution in [1.29, 1.82) is 0 Å². The number of nitrogen functional groups attached to an aromatic ring is 2. The zero-order valence-corrected chi connectivity index (χ0v) is 13.4. The van der Waals surface area contributed by atoms with Gasteiger partial charge in [-0.05, 0) is 35.4 Å². The lowest BCUT2D eigenvalue weighted by Gasteiger charge is -2.11. The van der Waals surface area contributed by atoms with E-state index in [0.29, 0.717) is 17.1 Å². The standard InChI is InChI=1S/C17H17N5O2/c1-23-12-6-3-10(4-7-12)11-5-8-14(24-2)13(9-11)15-20-16(18)22-17(19)21-15/h3-9H,1-2H3,(H4,18,19,20,21,22). The van der Waals surface area contributed by atoms with E-state index in [9.17, 15) is 0 Å². The van der Waals surface area contributed by atoms with Crippen LogP contribution in [-0.2, 0) is 0 Å². The Bertz CT molecular complexity index is 845. The van der Waals surface area contributed by atoms with E-state index in [0.717, 1.165) is 16.9 Å². The van der Waals surface area contributed by atoms with Crippen LogP contribution in [-0.4, -0.2) is 29.2 Å². The number of hydrogen-bond donors (Lipinski definition) is 2. The molecule has 0 unspecified atom stereocenters. The lowest BCUT2D eigenvalue weighted by Crippen LogP contribution is -2.05. The molecule has 4 N–H and O–H groups in total. The highest BCUT2D eigenvalue weighted by Crippen LogP contribution is 2.33. The summed E-state index contributed by atoms with van der Waals surface area (Å²) < 4.78 is 10.6. The molecule has 24 heavy (non-hydrogen) atoms. The highest BCUT2D eigenvalue weighted by Gasteiger charge is 2.13. The van der Waals surface area contributed by atoms with E-state index in [1.165, 1.54) is 0 Å². The average molecular weight is 323 g/mol. The fraction of sp³-hybridized carbons (Fsp3) is 0.118. The van der Waals surface area contributed by atoms with Crippen molar-refractivity contribution in [3.05, 3.63) is 42.5 Å². The fourth-order valence-electron chi connectivity index (χ4n) is 2.38. The normalized spacial score (nSPS) is 10.4. The Kier molecular flexibility index (Phi) is 4.15. The number of methoxy groups -OCH3 is 2. The predicted molar refractivity (Wildman–Crippen MR) is 92.6 cm³/mol. The van der Waals surface area contributed by atoms with E-state index in [-0.39, 0.29) is 11.9 Å². The highest BCUT2D eigenvalue weighted by atomic mass is 16.5. The van der Waals surface area contributed by atoms with Crippen LogP contribution in [0.25, 0.3) is 22.5 Å². The lowest BCUT2D eigenvalue weighted by atomic mass is 10.0. The van der Waals surface area contributed by atoms with Crippen LogP contribution in [0.15, 0.2) is 42.5 Å². The van der Waals surface area contributed by atoms with Gasteiger partial charge in [0.05, 0.1) is 19.8 Å². The average Bonchev–Trinajstić information content (AvgIpc) is 2.60. The van der Waals surface area contributed by atoms with Crippen LogP contribution >= 0.6 is 0 Å². The molecule has 0 bridgehead atoms. The molecule has 0 aliphatic heterocycles. The number of nitrogens with zero attached hydrogens (tertiary/aromatic N) is 3. The van der Waals surface area contributed by atoms with E-state index >= 15 is 0 Å². The molecule has 0 aliphatic rings. The van der Waals surface area contributed by atoms with Gasteiger partial charge in [-0.2, -0.15) is 15.0 Å². The maximum Gasteiger partial charge on any atom is 0.225 e. The first-order chi connectivity index (χ1) is 11.6. The van der Waals surface area contributed by atoms with Gasteiger partial charge in [-0.15, -0.1) is 0 Å². The number of benzene rings is 2. The minimum Gasteiger partial charge on any atom is -0.497 e. The van der Waals surface area contributed by atoms with E-state index in [2.05, 4.69) is 15.0 Å². The summed E-state index contributed by atoms with van der Waals surface area (Å²) in [4.78, 5) is 12.1. The molecule has 7 nitrogen and oxygen atoms in total. The lowest BCUT2D eigenvalue weighted by molar-refractivity contribution is 0.415. The van der Waals surface area contributed by atoms with E-state index in [1.807, 2.05) is 42.5 Å². The van der Waals surface area contributed by atoms with E-state index in [1.54, 1.807) is 14.2 Å². The minimum atomic E-state index is 0.0643. The molecule has 122 valence electrons. The molecule has 3 rings (SSSR count). The molecule has 0 saturated heterocycles. The van der Waals surface area contributed by atoms with Crippen LogP contribution in [0.4, 0.5) is 11.9 Å². The second-order valence-electron chi connectivity index (χ2n) is 5.02. The largest absolute Gasteiger partial charge is 0.497 e. The van der Waals surface area contributed by atoms with Crippen molar-refractivity contribution in [2.45, 2.75) is 0 Å². The van der Waals surface area contributed by atoms with Crippen molar-refractivity contribution < 1.29 is 9.47 Å². The molecule has 0 atom stereocenters. The van der Waals surface area contributed by atoms with E-state index < -0.39 is 0 Å². The number of ether oxygens (including phenoxy) is 2. The van der Waals surface area contributed by atoms with Crippen LogP contribution in [0.2, 0.25) is 0 Å². The van der Waals surface area contributed by atoms with Crippen molar-refractivity contribution in [2.24, 2.45) is 0 Å². The van der Waals surface area contributed by atoms with Crippen LogP contribution in [0.1, 0.15) is 0 Å². The van der Waals surface area contributed by atoms with Crippen molar-refractivity contribution in [3.63, 3.8) is 0 Å². The first kappa shape index (κ1) is 15.5. The van der Waals surface area contributed by atoms with Gasteiger partial charge in [0.25, 0.3) is 0 Å². The smallest absolute Gasteiger partial charge is 0.225 e. The molecular formula is C17H17N5O2. The van der Waals surface area contributed by atoms with Gasteiger partial charge in [-0.1, -0.05) is 18.2 Å². The zero-order chi connectivity index (χ0) is 17.1. The van der Waals surface area contributed by atoms with Crippen molar-refractivity contribution in [2.75, 3.05) is 25.7 Å². The Hall–Kier alpha value is -3.35. The first-order valence-corrected chi connectivity index (χ1v) is 7.20. The predicted octanol–water partition coefficient (Wildman–Crippen LogP) is 2.39. The summed E-state index contributed by atoms with van der Waals surface area (Å²) in [5.41, 5.74) is 14.0. The molecule has 3 aromatic rings. The number of rotatable bonds is 4. The molecule has 0 amide bonds. The summed E-state index contributed by atoms with van der Waals surface area (Å²) in [5.74, 6) is 1.92. The molecule has 0 aliphatic carbocycles. The van der Waals surface area contributed by atoms with Gasteiger partial charge in [-0.25, -0.2) is 0 Å². The van der Waals surface area contributed by atoms with Gasteiger partial charge in [0.15, 0.2) is 5.82 Å². The summed E-state index contributed by atoms with van der Waals surface area (Å²) in [7, 11) is 3.22. The number of anilines is 2. The Morgan fingerprint density at radius 2 is 1.38 bits per heavy atom. The van der Waals surface area contributed by atoms with Crippen molar-refractivity contribution in [3.8, 4) is 34.0 Å². The first-order valence-electron chi connectivity index (χ1n) is 7.20. The van der Waals surface area contributed by atoms with Crippen LogP contribution in [0, 0.1) is 0 Å². The van der Waals surface area contributed by atoms with Gasteiger partial charge < -0.3 is 20.9 Å². The number of nitrogens with two attached hydrogens (primary N) is 2. The third-order valence-corrected chi connectivity index (χ3v) is 3.53. The number of aromatic nitrogens is 3. The van der Waals surface area contributed by atoms with Crippen LogP contribution in [0.3, 0.4) is 0 Å². The maximum atomic E-state index is 5.67. The number of hydrogen-bond acceptors (Lipinski definition) is 7. The Balaban J connectivity index is 2.10. The van der Waals surface area contributed by atoms with E-state index in [4.69, 9.17) is 20.9 Å². The molecule has 0 fully saturated rings. The summed E-state index contributed by atoms with van der Waals surface area (Å²) in [5, 5.41) is 0. The summed E-state index contributed by atoms with van der Waals surface area (Å²) in [6.07, 6.45) is 0. The SMILES string of the molecule is COc1ccc(-c2ccc(OC)c(-c3nc(N)nc(N)n3)c2)cc1. The molecular weight excluding hydrogens is 306 g/mol. The van der Waals surface area contributed by atoms with Gasteiger partial charge in [0, 0.05) is 0 Å². The Morgan fingerprint density at radius 1 is 0.750 bits per heavy atom. The minimum absolute atomic E-state index is 0.0643. The summed E-state index contributed by atoms with van der Waals surface area (Å²) in [6, 6.07) is 13.5. The van der Waals surface area contributed by atoms with Crippen LogP contribution < -0.4 is 20.9 Å². The second-order valence-corrected chi connectivity index (χ2v) is 5.02. The molecule has 0 saturated carbocycles. The van der Waals surface area contributed by atoms with Gasteiger partial charge in [-0.3, -0.25) is 0 Å². The van der Waals surface area contributed by atoms with Crippen LogP contribution in [0.5, 0.6) is 11.5 Å². The van der Waals surface area contributed by atoms with Crippen molar-refractivity contribution in [1.82, 2.24) is 15.0 Å². The highest BCUT2D eigenvalue weighted by molar-refractivity contribution is 5.75. The van der Waals surface area contributed by atoms with Gasteiger partial charge >= 0.3 is 0 Å². The molecule has 1 aromatic heterocycles. The Labute approximate surface area is 139 Å². The topological polar surface area (TPSA) is 109 Å². The summed E-state index contributed by atoms with van der Waals surface area (Å²) in [6.45, 7) is 0. The third-order valence-electron chi connectivity index (χ3n) is 3.53. The molecule has 0 radical (unpaired) electrons. The van der Waals surface area contributed by atoms with Gasteiger partial charge in [0.1, 0.15) is 11.5 Å². The Morgan fingerprint density at radius 3 is 1.96 bits per heavy atom. The molecule has 1 heterocycles. The zero-order valence-electron chi connectivity index (χ0n) is 13.4. The van der Waals surface area contributed by atoms with Crippen molar-refractivity contribution >= 4 is 11.9 Å². The fourth-order valence-corrected chi connectivity index (χ4v) is 2.38. The molecule has 2 aromatic carbocycles. The quantitative estimate of drug-likeness (QED) is 0.758. The second kappa shape index (κ2) is 6.41. The summed E-state index contributed by atoms with van der Waals surface area (Å²) >= 11 is 0. The molecule has 7 heteroatoms. The maximum absolute atomic E-state index is 5.67. The third kappa shape index (κ3) is 3.05. The van der Waals surface area contributed by atoms with Gasteiger partial charge in [0.2, 0.25) is 11.9 Å².